The molecule has 0 aliphatic rings. The van der Waals surface area contributed by atoms with Gasteiger partial charge >= 0.3 is 0 Å². The highest BCUT2D eigenvalue weighted by Gasteiger charge is 2.14. The Kier molecular flexibility index (Phi) is 4.37. The Morgan fingerprint density at radius 3 is 2.32 bits per heavy atom. The molecule has 0 aliphatic heterocycles. The Balaban J connectivity index is 2.32. The molecule has 100 valence electrons. The van der Waals surface area contributed by atoms with Gasteiger partial charge in [-0.1, -0.05) is 11.6 Å². The molecule has 0 heterocycles. The van der Waals surface area contributed by atoms with E-state index in [4.69, 9.17) is 11.6 Å². The van der Waals surface area contributed by atoms with E-state index in [0.717, 1.165) is 9.13 Å². The van der Waals surface area contributed by atoms with E-state index in [-0.39, 0.29) is 4.90 Å². The molecule has 2 aromatic rings. The van der Waals surface area contributed by atoms with Crippen LogP contribution in [0.1, 0.15) is 5.56 Å². The van der Waals surface area contributed by atoms with Crippen LogP contribution in [0.2, 0.25) is 5.02 Å². The molecule has 0 atom stereocenters. The fraction of sp³-hybridized carbons (Fsp3) is 0.0769. The van der Waals surface area contributed by atoms with Gasteiger partial charge in [0.2, 0.25) is 0 Å². The summed E-state index contributed by atoms with van der Waals surface area (Å²) in [5.41, 5.74) is 1.26. The van der Waals surface area contributed by atoms with Gasteiger partial charge in [0.25, 0.3) is 10.0 Å². The Morgan fingerprint density at radius 2 is 1.74 bits per heavy atom. The second-order valence-electron chi connectivity index (χ2n) is 4.02. The number of halogens is 2. The highest BCUT2D eigenvalue weighted by molar-refractivity contribution is 14.1. The summed E-state index contributed by atoms with van der Waals surface area (Å²) in [5, 5.41) is 0.549. The fourth-order valence-electron chi connectivity index (χ4n) is 1.52. The summed E-state index contributed by atoms with van der Waals surface area (Å²) < 4.78 is 28.0. The first-order valence-corrected chi connectivity index (χ1v) is 8.37. The summed E-state index contributed by atoms with van der Waals surface area (Å²) in [6, 6.07) is 11.8. The van der Waals surface area contributed by atoms with Gasteiger partial charge in [0, 0.05) is 14.3 Å². The van der Waals surface area contributed by atoms with Gasteiger partial charge in [0.05, 0.1) is 4.90 Å². The van der Waals surface area contributed by atoms with E-state index < -0.39 is 10.0 Å². The number of rotatable bonds is 3. The topological polar surface area (TPSA) is 46.2 Å². The maximum atomic E-state index is 12.2. The van der Waals surface area contributed by atoms with Crippen LogP contribution in [0.15, 0.2) is 47.4 Å². The summed E-state index contributed by atoms with van der Waals surface area (Å²) in [4.78, 5) is 0.202. The molecular formula is C13H11ClINO2S. The molecule has 0 aliphatic carbocycles. The lowest BCUT2D eigenvalue weighted by Gasteiger charge is -2.09. The lowest BCUT2D eigenvalue weighted by Crippen LogP contribution is -2.13. The van der Waals surface area contributed by atoms with Crippen molar-refractivity contribution < 1.29 is 8.42 Å². The molecule has 3 nitrogen and oxygen atoms in total. The molecule has 0 aromatic heterocycles. The minimum atomic E-state index is -3.58. The predicted octanol–water partition coefficient (Wildman–Crippen LogP) is 4.05. The Labute approximate surface area is 131 Å². The smallest absolute Gasteiger partial charge is 0.261 e. The van der Waals surface area contributed by atoms with Crippen LogP contribution in [0.25, 0.3) is 0 Å². The number of hydrogen-bond acceptors (Lipinski definition) is 2. The van der Waals surface area contributed by atoms with Crippen molar-refractivity contribution in [3.05, 3.63) is 56.6 Å². The minimum absolute atomic E-state index is 0.202. The second-order valence-corrected chi connectivity index (χ2v) is 7.36. The molecule has 2 aromatic carbocycles. The summed E-state index contributed by atoms with van der Waals surface area (Å²) in [5.74, 6) is 0. The highest BCUT2D eigenvalue weighted by atomic mass is 127. The maximum absolute atomic E-state index is 12.2. The Bertz CT molecular complexity index is 699. The molecule has 0 radical (unpaired) electrons. The predicted molar refractivity (Wildman–Crippen MR) is 86.2 cm³/mol. The van der Waals surface area contributed by atoms with Crippen molar-refractivity contribution in [2.75, 3.05) is 4.72 Å². The van der Waals surface area contributed by atoms with Crippen molar-refractivity contribution in [3.63, 3.8) is 0 Å². The van der Waals surface area contributed by atoms with Crippen LogP contribution in [0.3, 0.4) is 0 Å². The van der Waals surface area contributed by atoms with Crippen molar-refractivity contribution in [1.82, 2.24) is 0 Å². The van der Waals surface area contributed by atoms with Gasteiger partial charge in [-0.25, -0.2) is 8.42 Å². The number of anilines is 1. The second kappa shape index (κ2) is 5.68. The molecule has 2 rings (SSSR count). The van der Waals surface area contributed by atoms with Crippen molar-refractivity contribution in [1.29, 1.82) is 0 Å². The third kappa shape index (κ3) is 3.61. The normalized spacial score (nSPS) is 11.3. The van der Waals surface area contributed by atoms with Gasteiger partial charge in [0.15, 0.2) is 0 Å². The van der Waals surface area contributed by atoms with Gasteiger partial charge in [-0.2, -0.15) is 0 Å². The van der Waals surface area contributed by atoms with E-state index in [1.54, 1.807) is 31.2 Å². The molecule has 1 N–H and O–H groups in total. The first-order chi connectivity index (χ1) is 8.88. The monoisotopic (exact) mass is 407 g/mol. The summed E-state index contributed by atoms with van der Waals surface area (Å²) in [7, 11) is -3.58. The number of aryl methyl sites for hydroxylation is 1. The zero-order valence-electron chi connectivity index (χ0n) is 10.0. The first kappa shape index (κ1) is 14.6. The zero-order chi connectivity index (χ0) is 14.0. The van der Waals surface area contributed by atoms with Crippen LogP contribution < -0.4 is 4.72 Å². The summed E-state index contributed by atoms with van der Waals surface area (Å²) >= 11 is 8.05. The Hall–Kier alpha value is -0.790. The van der Waals surface area contributed by atoms with Gasteiger partial charge in [-0.15, -0.1) is 0 Å². The maximum Gasteiger partial charge on any atom is 0.261 e. The fourth-order valence-corrected chi connectivity index (χ4v) is 3.14. The van der Waals surface area contributed by atoms with Crippen LogP contribution >= 0.6 is 34.2 Å². The standard InChI is InChI=1S/C13H11ClINO2S/c1-9-8-12(6-7-13(9)14)19(17,18)16-11-4-2-10(15)3-5-11/h2-8,16H,1H3. The van der Waals surface area contributed by atoms with Crippen LogP contribution in [-0.2, 0) is 10.0 Å². The van der Waals surface area contributed by atoms with Crippen LogP contribution in [0, 0.1) is 10.5 Å². The van der Waals surface area contributed by atoms with Gasteiger partial charge in [-0.3, -0.25) is 4.72 Å². The molecule has 0 amide bonds. The van der Waals surface area contributed by atoms with E-state index in [2.05, 4.69) is 27.3 Å². The highest BCUT2D eigenvalue weighted by Crippen LogP contribution is 2.22. The molecule has 6 heteroatoms. The average Bonchev–Trinajstić information content (AvgIpc) is 2.35. The van der Waals surface area contributed by atoms with Crippen molar-refractivity contribution in [2.45, 2.75) is 11.8 Å². The molecule has 0 saturated heterocycles. The zero-order valence-corrected chi connectivity index (χ0v) is 13.8. The molecule has 0 fully saturated rings. The third-order valence-electron chi connectivity index (χ3n) is 2.54. The minimum Gasteiger partial charge on any atom is -0.280 e. The van der Waals surface area contributed by atoms with Gasteiger partial charge < -0.3 is 0 Å². The first-order valence-electron chi connectivity index (χ1n) is 5.43. The summed E-state index contributed by atoms with van der Waals surface area (Å²) in [6.07, 6.45) is 0. The number of sulfonamides is 1. The Morgan fingerprint density at radius 1 is 1.11 bits per heavy atom. The molecule has 0 bridgehead atoms. The van der Waals surface area contributed by atoms with Crippen molar-refractivity contribution >= 4 is 49.9 Å². The largest absolute Gasteiger partial charge is 0.280 e. The van der Waals surface area contributed by atoms with Crippen LogP contribution in [0.5, 0.6) is 0 Å². The van der Waals surface area contributed by atoms with E-state index in [1.165, 1.54) is 6.07 Å². The number of hydrogen-bond donors (Lipinski definition) is 1. The van der Waals surface area contributed by atoms with Gasteiger partial charge in [0.1, 0.15) is 0 Å². The van der Waals surface area contributed by atoms with Crippen LogP contribution in [-0.4, -0.2) is 8.42 Å². The lowest BCUT2D eigenvalue weighted by atomic mass is 10.2. The van der Waals surface area contributed by atoms with E-state index in [0.29, 0.717) is 10.7 Å². The van der Waals surface area contributed by atoms with E-state index in [9.17, 15) is 8.42 Å². The number of benzene rings is 2. The SMILES string of the molecule is Cc1cc(S(=O)(=O)Nc2ccc(I)cc2)ccc1Cl. The summed E-state index contributed by atoms with van der Waals surface area (Å²) in [6.45, 7) is 1.77. The number of nitrogens with one attached hydrogen (secondary N) is 1. The lowest BCUT2D eigenvalue weighted by molar-refractivity contribution is 0.601. The van der Waals surface area contributed by atoms with Crippen molar-refractivity contribution in [3.8, 4) is 0 Å². The van der Waals surface area contributed by atoms with Crippen molar-refractivity contribution in [2.24, 2.45) is 0 Å². The molecule has 0 spiro atoms. The van der Waals surface area contributed by atoms with Crippen LogP contribution in [0.4, 0.5) is 5.69 Å². The third-order valence-corrected chi connectivity index (χ3v) is 5.06. The molecule has 0 unspecified atom stereocenters. The van der Waals surface area contributed by atoms with Gasteiger partial charge in [-0.05, 0) is 77.5 Å². The average molecular weight is 408 g/mol. The molecule has 19 heavy (non-hydrogen) atoms. The van der Waals surface area contributed by atoms with E-state index >= 15 is 0 Å². The quantitative estimate of drug-likeness (QED) is 0.780. The molecule has 0 saturated carbocycles. The van der Waals surface area contributed by atoms with E-state index in [1.807, 2.05) is 12.1 Å². The molecular weight excluding hydrogens is 397 g/mol.